The molecule has 0 aliphatic carbocycles. The summed E-state index contributed by atoms with van der Waals surface area (Å²) < 4.78 is 19.3. The lowest BCUT2D eigenvalue weighted by Gasteiger charge is -2.30. The standard InChI is InChI=1S/C25H30ClN3O4/c1-20-14-27-29(15-20)9-11-32-23-6-2-4-21(12-23)16-28-8-10-31-18-25(30,17-28)19-33-24-7-3-5-22(26)13-24/h2-7,12-15,30H,8-11,16-19H2,1H3/t25-/m0/s1. The third-order valence-corrected chi connectivity index (χ3v) is 5.64. The first-order valence-corrected chi connectivity index (χ1v) is 11.5. The SMILES string of the molecule is Cc1cnn(CCOc2cccc(CN3CCOC[C@](O)(COc4cccc(Cl)c4)C3)c2)c1. The van der Waals surface area contributed by atoms with E-state index in [9.17, 15) is 5.11 Å². The molecule has 0 spiro atoms. The van der Waals surface area contributed by atoms with Crippen LogP contribution in [0.2, 0.25) is 5.02 Å². The second-order valence-corrected chi connectivity index (χ2v) is 8.95. The molecule has 0 unspecified atom stereocenters. The van der Waals surface area contributed by atoms with Gasteiger partial charge in [0.15, 0.2) is 0 Å². The van der Waals surface area contributed by atoms with Crippen molar-refractivity contribution in [3.63, 3.8) is 0 Å². The van der Waals surface area contributed by atoms with Crippen LogP contribution in [0.25, 0.3) is 0 Å². The summed E-state index contributed by atoms with van der Waals surface area (Å²) in [5.74, 6) is 1.45. The van der Waals surface area contributed by atoms with Gasteiger partial charge in [0.2, 0.25) is 0 Å². The molecular weight excluding hydrogens is 442 g/mol. The molecule has 2 heterocycles. The number of aliphatic hydroxyl groups is 1. The monoisotopic (exact) mass is 471 g/mol. The van der Waals surface area contributed by atoms with Gasteiger partial charge in [0, 0.05) is 30.9 Å². The molecule has 1 N–H and O–H groups in total. The van der Waals surface area contributed by atoms with E-state index in [1.165, 1.54) is 0 Å². The summed E-state index contributed by atoms with van der Waals surface area (Å²) in [6, 6.07) is 15.2. The molecule has 8 heteroatoms. The van der Waals surface area contributed by atoms with Crippen LogP contribution in [0.1, 0.15) is 11.1 Å². The van der Waals surface area contributed by atoms with Crippen molar-refractivity contribution in [1.82, 2.24) is 14.7 Å². The fourth-order valence-electron chi connectivity index (χ4n) is 3.83. The van der Waals surface area contributed by atoms with Crippen molar-refractivity contribution in [2.24, 2.45) is 0 Å². The third-order valence-electron chi connectivity index (χ3n) is 5.40. The van der Waals surface area contributed by atoms with Gasteiger partial charge >= 0.3 is 0 Å². The molecule has 2 aromatic carbocycles. The van der Waals surface area contributed by atoms with Crippen LogP contribution in [-0.2, 0) is 17.8 Å². The highest BCUT2D eigenvalue weighted by Gasteiger charge is 2.33. The second-order valence-electron chi connectivity index (χ2n) is 8.51. The van der Waals surface area contributed by atoms with Crippen molar-refractivity contribution in [1.29, 1.82) is 0 Å². The Morgan fingerprint density at radius 2 is 1.97 bits per heavy atom. The predicted molar refractivity (Wildman–Crippen MR) is 127 cm³/mol. The van der Waals surface area contributed by atoms with Gasteiger partial charge in [-0.3, -0.25) is 9.58 Å². The molecule has 1 aliphatic rings. The van der Waals surface area contributed by atoms with Gasteiger partial charge in [0.25, 0.3) is 0 Å². The van der Waals surface area contributed by atoms with Gasteiger partial charge in [-0.2, -0.15) is 5.10 Å². The Kier molecular flexibility index (Phi) is 7.88. The number of nitrogens with zero attached hydrogens (tertiary/aromatic N) is 3. The average molecular weight is 472 g/mol. The first-order chi connectivity index (χ1) is 16.0. The summed E-state index contributed by atoms with van der Waals surface area (Å²) in [4.78, 5) is 2.18. The van der Waals surface area contributed by atoms with E-state index in [4.69, 9.17) is 25.8 Å². The Balaban J connectivity index is 1.32. The van der Waals surface area contributed by atoms with Crippen LogP contribution in [0, 0.1) is 6.92 Å². The molecule has 7 nitrogen and oxygen atoms in total. The number of aryl methyl sites for hydroxylation is 1. The first kappa shape index (κ1) is 23.6. The van der Waals surface area contributed by atoms with E-state index >= 15 is 0 Å². The summed E-state index contributed by atoms with van der Waals surface area (Å²) >= 11 is 6.03. The van der Waals surface area contributed by atoms with Crippen LogP contribution in [-0.4, -0.2) is 64.9 Å². The lowest BCUT2D eigenvalue weighted by Crippen LogP contribution is -2.48. The van der Waals surface area contributed by atoms with Crippen LogP contribution < -0.4 is 9.47 Å². The lowest BCUT2D eigenvalue weighted by molar-refractivity contribution is -0.0646. The highest BCUT2D eigenvalue weighted by molar-refractivity contribution is 6.30. The zero-order valence-corrected chi connectivity index (χ0v) is 19.6. The van der Waals surface area contributed by atoms with Crippen molar-refractivity contribution in [2.45, 2.75) is 25.6 Å². The summed E-state index contributed by atoms with van der Waals surface area (Å²) in [7, 11) is 0. The van der Waals surface area contributed by atoms with Crippen LogP contribution in [0.5, 0.6) is 11.5 Å². The lowest BCUT2D eigenvalue weighted by atomic mass is 10.1. The first-order valence-electron chi connectivity index (χ1n) is 11.1. The maximum atomic E-state index is 11.2. The molecule has 0 radical (unpaired) electrons. The normalized spacial score (nSPS) is 19.2. The summed E-state index contributed by atoms with van der Waals surface area (Å²) in [5.41, 5.74) is 1.13. The van der Waals surface area contributed by atoms with Gasteiger partial charge in [-0.1, -0.05) is 29.8 Å². The summed E-state index contributed by atoms with van der Waals surface area (Å²) in [6.07, 6.45) is 3.84. The van der Waals surface area contributed by atoms with E-state index in [0.29, 0.717) is 43.6 Å². The average Bonchev–Trinajstić information content (AvgIpc) is 3.11. The van der Waals surface area contributed by atoms with Crippen molar-refractivity contribution in [3.05, 3.63) is 77.1 Å². The number of β-amino-alcohol motifs (C(OH)–C–C–N with tert-alkyl or cyclic N) is 1. The number of halogens is 1. The quantitative estimate of drug-likeness (QED) is 0.514. The fourth-order valence-corrected chi connectivity index (χ4v) is 4.01. The predicted octanol–water partition coefficient (Wildman–Crippen LogP) is 3.57. The van der Waals surface area contributed by atoms with Crippen LogP contribution in [0.15, 0.2) is 60.9 Å². The topological polar surface area (TPSA) is 69.0 Å². The highest BCUT2D eigenvalue weighted by Crippen LogP contribution is 2.22. The van der Waals surface area contributed by atoms with E-state index in [2.05, 4.69) is 16.1 Å². The molecule has 1 aromatic heterocycles. The molecule has 1 saturated heterocycles. The van der Waals surface area contributed by atoms with E-state index in [1.54, 1.807) is 12.1 Å². The molecular formula is C25H30ClN3O4. The number of benzene rings is 2. The number of aromatic nitrogens is 2. The van der Waals surface area contributed by atoms with E-state index in [1.807, 2.05) is 54.3 Å². The van der Waals surface area contributed by atoms with Gasteiger partial charge in [0.1, 0.15) is 30.3 Å². The smallest absolute Gasteiger partial charge is 0.134 e. The molecule has 1 aliphatic heterocycles. The van der Waals surface area contributed by atoms with Crippen molar-refractivity contribution in [2.75, 3.05) is 39.5 Å². The Labute approximate surface area is 199 Å². The fraction of sp³-hybridized carbons (Fsp3) is 0.400. The highest BCUT2D eigenvalue weighted by atomic mass is 35.5. The minimum Gasteiger partial charge on any atom is -0.492 e. The minimum atomic E-state index is -1.12. The van der Waals surface area contributed by atoms with Gasteiger partial charge in [-0.05, 0) is 48.4 Å². The number of ether oxygens (including phenoxy) is 3. The van der Waals surface area contributed by atoms with Crippen LogP contribution in [0.4, 0.5) is 0 Å². The molecule has 3 aromatic rings. The molecule has 1 atom stereocenters. The number of hydrogen-bond donors (Lipinski definition) is 1. The molecule has 4 rings (SSSR count). The van der Waals surface area contributed by atoms with Gasteiger partial charge in [0.05, 0.1) is 26.0 Å². The second kappa shape index (κ2) is 11.0. The van der Waals surface area contributed by atoms with E-state index in [0.717, 1.165) is 23.4 Å². The Hall–Kier alpha value is -2.58. The molecule has 1 fully saturated rings. The molecule has 0 bridgehead atoms. The Bertz CT molecular complexity index is 1040. The van der Waals surface area contributed by atoms with Crippen molar-refractivity contribution < 1.29 is 19.3 Å². The Morgan fingerprint density at radius 3 is 2.76 bits per heavy atom. The molecule has 0 saturated carbocycles. The third kappa shape index (κ3) is 7.20. The molecule has 176 valence electrons. The van der Waals surface area contributed by atoms with Crippen LogP contribution in [0.3, 0.4) is 0 Å². The molecule has 33 heavy (non-hydrogen) atoms. The number of rotatable bonds is 9. The zero-order chi connectivity index (χ0) is 23.1. The van der Waals surface area contributed by atoms with Gasteiger partial charge in [-0.15, -0.1) is 0 Å². The molecule has 0 amide bonds. The summed E-state index contributed by atoms with van der Waals surface area (Å²) in [6.45, 7) is 6.01. The van der Waals surface area contributed by atoms with Crippen LogP contribution >= 0.6 is 11.6 Å². The largest absolute Gasteiger partial charge is 0.492 e. The zero-order valence-electron chi connectivity index (χ0n) is 18.8. The van der Waals surface area contributed by atoms with E-state index in [-0.39, 0.29) is 13.2 Å². The summed E-state index contributed by atoms with van der Waals surface area (Å²) in [5, 5.41) is 16.0. The minimum absolute atomic E-state index is 0.125. The van der Waals surface area contributed by atoms with Crippen molar-refractivity contribution in [3.8, 4) is 11.5 Å². The van der Waals surface area contributed by atoms with Gasteiger partial charge in [-0.25, -0.2) is 0 Å². The van der Waals surface area contributed by atoms with Crippen molar-refractivity contribution >= 4 is 11.6 Å². The maximum Gasteiger partial charge on any atom is 0.134 e. The van der Waals surface area contributed by atoms with Gasteiger partial charge < -0.3 is 19.3 Å². The van der Waals surface area contributed by atoms with E-state index < -0.39 is 5.60 Å². The maximum absolute atomic E-state index is 11.2. The Morgan fingerprint density at radius 1 is 1.15 bits per heavy atom. The number of hydrogen-bond acceptors (Lipinski definition) is 6.